The second-order valence-corrected chi connectivity index (χ2v) is 10.3. The second-order valence-electron chi connectivity index (χ2n) is 8.64. The highest BCUT2D eigenvalue weighted by atomic mass is 32.2. The largest absolute Gasteiger partial charge is 0.496 e. The zero-order valence-electron chi connectivity index (χ0n) is 20.0. The molecule has 10 heteroatoms. The van der Waals surface area contributed by atoms with Crippen molar-refractivity contribution in [2.24, 2.45) is 0 Å². The van der Waals surface area contributed by atoms with Gasteiger partial charge >= 0.3 is 0 Å². The summed E-state index contributed by atoms with van der Waals surface area (Å²) in [6.45, 7) is 2.00. The van der Waals surface area contributed by atoms with Gasteiger partial charge < -0.3 is 9.64 Å². The van der Waals surface area contributed by atoms with Crippen molar-refractivity contribution in [3.8, 4) is 16.9 Å². The fourth-order valence-electron chi connectivity index (χ4n) is 4.20. The van der Waals surface area contributed by atoms with Crippen LogP contribution in [-0.4, -0.2) is 49.4 Å². The molecule has 1 aliphatic rings. The molecule has 1 unspecified atom stereocenters. The van der Waals surface area contributed by atoms with Crippen LogP contribution < -0.4 is 9.96 Å². The van der Waals surface area contributed by atoms with E-state index in [-0.39, 0.29) is 40.9 Å². The number of carbonyl (C=O) groups excluding carboxylic acids is 1. The van der Waals surface area contributed by atoms with E-state index in [1.807, 2.05) is 25.1 Å². The van der Waals surface area contributed by atoms with Gasteiger partial charge in [0.25, 0.3) is 10.1 Å². The maximum absolute atomic E-state index is 12.7. The van der Waals surface area contributed by atoms with Gasteiger partial charge in [-0.2, -0.15) is 8.42 Å². The summed E-state index contributed by atoms with van der Waals surface area (Å²) in [5.41, 5.74) is 3.33. The van der Waals surface area contributed by atoms with E-state index in [2.05, 4.69) is 0 Å². The summed E-state index contributed by atoms with van der Waals surface area (Å²) in [7, 11) is -2.40. The topological polar surface area (TPSA) is 117 Å². The van der Waals surface area contributed by atoms with Gasteiger partial charge in [0.1, 0.15) is 5.75 Å². The van der Waals surface area contributed by atoms with Gasteiger partial charge in [-0.15, -0.1) is 5.23 Å². The van der Waals surface area contributed by atoms with Gasteiger partial charge in [0.2, 0.25) is 5.91 Å². The molecule has 0 spiro atoms. The lowest BCUT2D eigenvalue weighted by atomic mass is 10.0. The Kier molecular flexibility index (Phi) is 7.60. The number of carbonyl (C=O) groups is 1. The van der Waals surface area contributed by atoms with E-state index in [1.54, 1.807) is 42.3 Å². The summed E-state index contributed by atoms with van der Waals surface area (Å²) in [6, 6.07) is 18.1. The minimum atomic E-state index is -3.94. The smallest absolute Gasteiger partial charge is 0.297 e. The first kappa shape index (κ1) is 25.6. The highest BCUT2D eigenvalue weighted by Crippen LogP contribution is 2.34. The molecule has 1 amide bonds. The van der Waals surface area contributed by atoms with Gasteiger partial charge in [0.05, 0.1) is 30.3 Å². The van der Waals surface area contributed by atoms with Gasteiger partial charge in [-0.1, -0.05) is 35.9 Å². The molecule has 1 atom stereocenters. The summed E-state index contributed by atoms with van der Waals surface area (Å²) >= 11 is 0. The Morgan fingerprint density at radius 2 is 1.81 bits per heavy atom. The van der Waals surface area contributed by atoms with Crippen LogP contribution in [0.25, 0.3) is 11.1 Å². The molecule has 2 N–H and O–H groups in total. The van der Waals surface area contributed by atoms with Crippen molar-refractivity contribution in [2.45, 2.75) is 37.2 Å². The molecule has 0 saturated carbocycles. The lowest BCUT2D eigenvalue weighted by Crippen LogP contribution is -2.36. The Labute approximate surface area is 210 Å². The maximum atomic E-state index is 12.7. The predicted molar refractivity (Wildman–Crippen MR) is 132 cm³/mol. The molecule has 4 rings (SSSR count). The Bertz CT molecular complexity index is 1340. The number of ether oxygens (including phenoxy) is 1. The van der Waals surface area contributed by atoms with Crippen LogP contribution >= 0.6 is 0 Å². The Morgan fingerprint density at radius 1 is 1.06 bits per heavy atom. The molecular formula is C26H28N2O7S. The summed E-state index contributed by atoms with van der Waals surface area (Å²) < 4.78 is 36.0. The zero-order valence-corrected chi connectivity index (χ0v) is 20.8. The number of amides is 1. The lowest BCUT2D eigenvalue weighted by Gasteiger charge is -2.25. The molecular weight excluding hydrogens is 484 g/mol. The quantitative estimate of drug-likeness (QED) is 0.324. The van der Waals surface area contributed by atoms with Crippen molar-refractivity contribution in [1.82, 2.24) is 4.90 Å². The van der Waals surface area contributed by atoms with Crippen LogP contribution in [0.3, 0.4) is 0 Å². The molecule has 36 heavy (non-hydrogen) atoms. The van der Waals surface area contributed by atoms with Crippen LogP contribution in [0.15, 0.2) is 71.6 Å². The fourth-order valence-corrected chi connectivity index (χ4v) is 5.14. The van der Waals surface area contributed by atoms with Crippen LogP contribution in [0.4, 0.5) is 5.69 Å². The standard InChI is InChI=1S/C26H28N2O7S/c1-18-6-10-23(11-7-18)36(32,33)35-17-22-9-13-26(29)27(22)16-19-8-12-25(34-2)24(14-19)20-4-3-5-21(15-20)28(30)31/h3-8,10-12,14-15,22,30-31H,9,13,16-17H2,1-2H3. The van der Waals surface area contributed by atoms with Crippen LogP contribution in [0.1, 0.15) is 24.0 Å². The van der Waals surface area contributed by atoms with E-state index >= 15 is 0 Å². The van der Waals surface area contributed by atoms with E-state index in [0.717, 1.165) is 11.1 Å². The number of hydrogen-bond acceptors (Lipinski definition) is 8. The first-order chi connectivity index (χ1) is 17.2. The molecule has 3 aromatic carbocycles. The Hall–Kier alpha value is -3.44. The van der Waals surface area contributed by atoms with E-state index in [4.69, 9.17) is 8.92 Å². The van der Waals surface area contributed by atoms with Crippen LogP contribution in [-0.2, 0) is 25.6 Å². The molecule has 3 aromatic rings. The number of rotatable bonds is 9. The number of nitrogens with zero attached hydrogens (tertiary/aromatic N) is 2. The average molecular weight is 513 g/mol. The molecule has 1 aliphatic heterocycles. The Morgan fingerprint density at radius 3 is 2.50 bits per heavy atom. The monoisotopic (exact) mass is 512 g/mol. The normalized spacial score (nSPS) is 15.8. The summed E-state index contributed by atoms with van der Waals surface area (Å²) in [4.78, 5) is 14.4. The highest BCUT2D eigenvalue weighted by Gasteiger charge is 2.32. The third-order valence-electron chi connectivity index (χ3n) is 6.18. The highest BCUT2D eigenvalue weighted by molar-refractivity contribution is 7.86. The van der Waals surface area contributed by atoms with Crippen LogP contribution in [0.2, 0.25) is 0 Å². The van der Waals surface area contributed by atoms with Gasteiger partial charge in [0.15, 0.2) is 0 Å². The van der Waals surface area contributed by atoms with Gasteiger partial charge in [0, 0.05) is 18.5 Å². The number of aryl methyl sites for hydroxylation is 1. The number of hydrogen-bond donors (Lipinski definition) is 2. The number of methoxy groups -OCH3 is 1. The van der Waals surface area contributed by atoms with Gasteiger partial charge in [-0.25, -0.2) is 0 Å². The minimum Gasteiger partial charge on any atom is -0.496 e. The first-order valence-corrected chi connectivity index (χ1v) is 12.8. The molecule has 1 fully saturated rings. The third kappa shape index (κ3) is 5.68. The van der Waals surface area contributed by atoms with E-state index < -0.39 is 10.1 Å². The van der Waals surface area contributed by atoms with Crippen LogP contribution in [0, 0.1) is 6.92 Å². The van der Waals surface area contributed by atoms with E-state index in [1.165, 1.54) is 18.2 Å². The van der Waals surface area contributed by atoms with Crippen molar-refractivity contribution < 1.29 is 32.5 Å². The van der Waals surface area contributed by atoms with Crippen molar-refractivity contribution in [3.05, 3.63) is 77.9 Å². The second kappa shape index (κ2) is 10.7. The summed E-state index contributed by atoms with van der Waals surface area (Å²) in [5, 5.41) is 18.8. The van der Waals surface area contributed by atoms with Crippen molar-refractivity contribution in [3.63, 3.8) is 0 Å². The summed E-state index contributed by atoms with van der Waals surface area (Å²) in [5.74, 6) is 0.502. The number of likely N-dealkylation sites (tertiary alicyclic amines) is 1. The van der Waals surface area contributed by atoms with Crippen LogP contribution in [0.5, 0.6) is 5.75 Å². The van der Waals surface area contributed by atoms with Gasteiger partial charge in [-0.3, -0.25) is 19.4 Å². The summed E-state index contributed by atoms with van der Waals surface area (Å²) in [6.07, 6.45) is 0.808. The molecule has 9 nitrogen and oxygen atoms in total. The molecule has 1 saturated heterocycles. The van der Waals surface area contributed by atoms with E-state index in [9.17, 15) is 23.6 Å². The van der Waals surface area contributed by atoms with Crippen molar-refractivity contribution in [1.29, 1.82) is 0 Å². The van der Waals surface area contributed by atoms with Crippen molar-refractivity contribution >= 4 is 21.7 Å². The van der Waals surface area contributed by atoms with Crippen molar-refractivity contribution in [2.75, 3.05) is 18.9 Å². The van der Waals surface area contributed by atoms with E-state index in [0.29, 0.717) is 29.7 Å². The molecule has 0 bridgehead atoms. The number of benzene rings is 3. The minimum absolute atomic E-state index is 0.0397. The number of anilines is 1. The molecule has 0 radical (unpaired) electrons. The SMILES string of the molecule is COc1ccc(CN2C(=O)CCC2COS(=O)(=O)c2ccc(C)cc2)cc1-c1cccc(N(O)O)c1. The molecule has 0 aliphatic carbocycles. The Balaban J connectivity index is 1.53. The maximum Gasteiger partial charge on any atom is 0.297 e. The first-order valence-electron chi connectivity index (χ1n) is 11.4. The molecule has 1 heterocycles. The molecule has 190 valence electrons. The zero-order chi connectivity index (χ0) is 25.9. The lowest BCUT2D eigenvalue weighted by molar-refractivity contribution is -0.129. The van der Waals surface area contributed by atoms with Gasteiger partial charge in [-0.05, 0) is 60.9 Å². The fraction of sp³-hybridized carbons (Fsp3) is 0.269. The third-order valence-corrected chi connectivity index (χ3v) is 7.48. The molecule has 0 aromatic heterocycles. The average Bonchev–Trinajstić information content (AvgIpc) is 3.22. The predicted octanol–water partition coefficient (Wildman–Crippen LogP) is 4.15.